The number of nitrogens with zero attached hydrogens (tertiary/aromatic N) is 4. The maximum absolute atomic E-state index is 13.5. The minimum Gasteiger partial charge on any atom is -0.453 e. The molecule has 3 aliphatic rings. The lowest BCUT2D eigenvalue weighted by molar-refractivity contribution is -0.142. The molecule has 0 bridgehead atoms. The van der Waals surface area contributed by atoms with Gasteiger partial charge in [0.2, 0.25) is 5.91 Å². The molecule has 250 valence electrons. The molecule has 2 aromatic heterocycles. The Morgan fingerprint density at radius 3 is 2.00 bits per heavy atom. The van der Waals surface area contributed by atoms with Crippen molar-refractivity contribution in [3.63, 3.8) is 0 Å². The Kier molecular flexibility index (Phi) is 8.79. The highest BCUT2D eigenvalue weighted by atomic mass is 16.5. The second kappa shape index (κ2) is 13.3. The third kappa shape index (κ3) is 6.22. The number of imidazole rings is 2. The van der Waals surface area contributed by atoms with Crippen molar-refractivity contribution in [1.29, 1.82) is 0 Å². The second-order valence-corrected chi connectivity index (χ2v) is 13.2. The van der Waals surface area contributed by atoms with Crippen LogP contribution in [-0.2, 0) is 19.1 Å². The average molecular weight is 652 g/mol. The SMILES string of the molecule is COC(=O)N[C@H](C(=O)N1CCC[C@H]1c1nc2cc(C#Cc3ccc4[nH]c([C@@H]5CCCN5C(=O)[C@H]5CCCO5)nc4c3)ccc2[nH]1)C(C)C. The van der Waals surface area contributed by atoms with Gasteiger partial charge < -0.3 is 34.6 Å². The lowest BCUT2D eigenvalue weighted by Crippen LogP contribution is -2.51. The van der Waals surface area contributed by atoms with Crippen molar-refractivity contribution in [2.75, 3.05) is 26.8 Å². The lowest BCUT2D eigenvalue weighted by atomic mass is 10.0. The first-order chi connectivity index (χ1) is 23.3. The number of aromatic amines is 2. The number of nitrogens with one attached hydrogen (secondary N) is 3. The zero-order valence-corrected chi connectivity index (χ0v) is 27.5. The number of benzene rings is 2. The molecule has 0 unspecified atom stereocenters. The summed E-state index contributed by atoms with van der Waals surface area (Å²) in [5.74, 6) is 7.89. The van der Waals surface area contributed by atoms with Crippen molar-refractivity contribution in [2.45, 2.75) is 76.6 Å². The maximum atomic E-state index is 13.5. The van der Waals surface area contributed by atoms with E-state index in [1.165, 1.54) is 7.11 Å². The number of fused-ring (bicyclic) bond motifs is 2. The number of hydrogen-bond donors (Lipinski definition) is 3. The fourth-order valence-electron chi connectivity index (χ4n) is 7.13. The normalized spacial score (nSPS) is 21.5. The molecule has 4 atom stereocenters. The Morgan fingerprint density at radius 1 is 0.875 bits per heavy atom. The molecule has 2 aromatic carbocycles. The Labute approximate surface area is 279 Å². The first-order valence-corrected chi connectivity index (χ1v) is 16.9. The molecule has 12 nitrogen and oxygen atoms in total. The molecule has 0 saturated carbocycles. The molecule has 3 saturated heterocycles. The van der Waals surface area contributed by atoms with E-state index in [2.05, 4.69) is 27.1 Å². The van der Waals surface area contributed by atoms with Gasteiger partial charge >= 0.3 is 6.09 Å². The van der Waals surface area contributed by atoms with Crippen LogP contribution in [0.1, 0.15) is 87.2 Å². The van der Waals surface area contributed by atoms with E-state index in [1.807, 2.05) is 60.0 Å². The Hall–Kier alpha value is -4.89. The number of methoxy groups -OCH3 is 1. The molecule has 12 heteroatoms. The van der Waals surface area contributed by atoms with Crippen molar-refractivity contribution < 1.29 is 23.9 Å². The summed E-state index contributed by atoms with van der Waals surface area (Å²) in [6.45, 7) is 5.77. The van der Waals surface area contributed by atoms with Gasteiger partial charge in [-0.2, -0.15) is 0 Å². The lowest BCUT2D eigenvalue weighted by Gasteiger charge is -2.29. The van der Waals surface area contributed by atoms with Crippen LogP contribution in [0.4, 0.5) is 4.79 Å². The molecule has 5 heterocycles. The van der Waals surface area contributed by atoms with Crippen molar-refractivity contribution in [1.82, 2.24) is 35.1 Å². The zero-order valence-electron chi connectivity index (χ0n) is 27.5. The summed E-state index contributed by atoms with van der Waals surface area (Å²) in [6, 6.07) is 10.8. The highest BCUT2D eigenvalue weighted by Gasteiger charge is 2.38. The molecular weight excluding hydrogens is 610 g/mol. The number of carbonyl (C=O) groups is 3. The van der Waals surface area contributed by atoms with Gasteiger partial charge in [0.15, 0.2) is 0 Å². The van der Waals surface area contributed by atoms with Gasteiger partial charge in [-0.1, -0.05) is 25.7 Å². The van der Waals surface area contributed by atoms with E-state index in [0.717, 1.165) is 89.9 Å². The number of aromatic nitrogens is 4. The van der Waals surface area contributed by atoms with Crippen LogP contribution in [-0.4, -0.2) is 86.6 Å². The van der Waals surface area contributed by atoms with Crippen LogP contribution in [0.3, 0.4) is 0 Å². The third-order valence-electron chi connectivity index (χ3n) is 9.65. The number of ether oxygens (including phenoxy) is 2. The van der Waals surface area contributed by atoms with Crippen molar-refractivity contribution >= 4 is 40.0 Å². The average Bonchev–Trinajstić information content (AvgIpc) is 3.93. The molecule has 48 heavy (non-hydrogen) atoms. The van der Waals surface area contributed by atoms with E-state index in [-0.39, 0.29) is 35.9 Å². The predicted molar refractivity (Wildman–Crippen MR) is 179 cm³/mol. The largest absolute Gasteiger partial charge is 0.453 e. The molecule has 7 rings (SSSR count). The van der Waals surface area contributed by atoms with Gasteiger partial charge in [-0.15, -0.1) is 0 Å². The summed E-state index contributed by atoms with van der Waals surface area (Å²) in [6.07, 6.45) is 4.22. The molecule has 3 aliphatic heterocycles. The highest BCUT2D eigenvalue weighted by Crippen LogP contribution is 2.34. The number of likely N-dealkylation sites (tertiary alicyclic amines) is 2. The summed E-state index contributed by atoms with van der Waals surface area (Å²) in [7, 11) is 1.29. The number of H-pyrrole nitrogens is 2. The smallest absolute Gasteiger partial charge is 0.407 e. The fourth-order valence-corrected chi connectivity index (χ4v) is 7.13. The van der Waals surface area contributed by atoms with Gasteiger partial charge in [0.25, 0.3) is 5.91 Å². The summed E-state index contributed by atoms with van der Waals surface area (Å²) in [5.41, 5.74) is 5.03. The van der Waals surface area contributed by atoms with Crippen molar-refractivity contribution in [3.8, 4) is 11.8 Å². The van der Waals surface area contributed by atoms with E-state index in [1.54, 1.807) is 0 Å². The van der Waals surface area contributed by atoms with Crippen LogP contribution < -0.4 is 5.32 Å². The molecule has 3 N–H and O–H groups in total. The van der Waals surface area contributed by atoms with Crippen LogP contribution in [0, 0.1) is 17.8 Å². The van der Waals surface area contributed by atoms with E-state index in [0.29, 0.717) is 13.2 Å². The van der Waals surface area contributed by atoms with Crippen LogP contribution in [0.15, 0.2) is 36.4 Å². The number of alkyl carbamates (subject to hydrolysis) is 1. The van der Waals surface area contributed by atoms with Gasteiger partial charge in [-0.25, -0.2) is 14.8 Å². The molecule has 0 aliphatic carbocycles. The van der Waals surface area contributed by atoms with E-state index in [9.17, 15) is 14.4 Å². The first-order valence-electron chi connectivity index (χ1n) is 16.9. The van der Waals surface area contributed by atoms with Crippen molar-refractivity contribution in [3.05, 3.63) is 59.2 Å². The Balaban J connectivity index is 1.07. The predicted octanol–water partition coefficient (Wildman–Crippen LogP) is 4.73. The monoisotopic (exact) mass is 651 g/mol. The second-order valence-electron chi connectivity index (χ2n) is 13.2. The quantitative estimate of drug-likeness (QED) is 0.256. The summed E-state index contributed by atoms with van der Waals surface area (Å²) in [5, 5.41) is 2.69. The number of amides is 3. The minimum atomic E-state index is -0.685. The summed E-state index contributed by atoms with van der Waals surface area (Å²) in [4.78, 5) is 58.9. The number of carbonyl (C=O) groups excluding carboxylic acids is 3. The van der Waals surface area contributed by atoms with E-state index >= 15 is 0 Å². The van der Waals surface area contributed by atoms with E-state index < -0.39 is 12.1 Å². The molecule has 0 spiro atoms. The number of hydrogen-bond acceptors (Lipinski definition) is 7. The maximum Gasteiger partial charge on any atom is 0.407 e. The highest BCUT2D eigenvalue weighted by molar-refractivity contribution is 5.87. The van der Waals surface area contributed by atoms with Crippen LogP contribution in [0.2, 0.25) is 0 Å². The van der Waals surface area contributed by atoms with Gasteiger partial charge in [0, 0.05) is 30.8 Å². The van der Waals surface area contributed by atoms with Gasteiger partial charge in [0.05, 0.1) is 41.3 Å². The van der Waals surface area contributed by atoms with Gasteiger partial charge in [-0.3, -0.25) is 9.59 Å². The zero-order chi connectivity index (χ0) is 33.4. The minimum absolute atomic E-state index is 0.0725. The Morgan fingerprint density at radius 2 is 1.46 bits per heavy atom. The third-order valence-corrected chi connectivity index (χ3v) is 9.65. The summed E-state index contributed by atoms with van der Waals surface area (Å²) >= 11 is 0. The molecule has 4 aromatic rings. The van der Waals surface area contributed by atoms with Gasteiger partial charge in [-0.05, 0) is 80.8 Å². The molecule has 0 radical (unpaired) electrons. The molecule has 3 fully saturated rings. The van der Waals surface area contributed by atoms with Gasteiger partial charge in [0.1, 0.15) is 23.8 Å². The topological polar surface area (TPSA) is 146 Å². The molecular formula is C36H41N7O5. The van der Waals surface area contributed by atoms with Crippen LogP contribution in [0.25, 0.3) is 22.1 Å². The standard InChI is InChI=1S/C36H41N7O5/c1-21(2)31(41-36(46)47-3)35(45)43-17-5-8-29(43)33-38-25-15-13-23(20-27(25)40-33)11-10-22-12-14-24-26(19-22)39-32(37-24)28-7-4-16-42(28)34(44)30-9-6-18-48-30/h12-15,19-21,28-31H,4-9,16-18H2,1-3H3,(H,37,39)(H,38,40)(H,41,46)/t28-,29-,30+,31-/m0/s1. The first kappa shape index (κ1) is 31.7. The van der Waals surface area contributed by atoms with Crippen LogP contribution >= 0.6 is 0 Å². The molecule has 3 amide bonds. The fraction of sp³-hybridized carbons (Fsp3) is 0.472. The summed E-state index contributed by atoms with van der Waals surface area (Å²) < 4.78 is 10.4. The number of rotatable bonds is 6. The van der Waals surface area contributed by atoms with Crippen LogP contribution in [0.5, 0.6) is 0 Å². The Bertz CT molecular complexity index is 1910. The van der Waals surface area contributed by atoms with E-state index in [4.69, 9.17) is 19.4 Å². The van der Waals surface area contributed by atoms with Crippen molar-refractivity contribution in [2.24, 2.45) is 5.92 Å².